The molecule has 0 fully saturated rings. The van der Waals surface area contributed by atoms with Crippen LogP contribution in [0.25, 0.3) is 6.08 Å². The molecule has 0 aliphatic carbocycles. The average molecular weight is 249 g/mol. The summed E-state index contributed by atoms with van der Waals surface area (Å²) in [6, 6.07) is 1.79. The first-order valence-corrected chi connectivity index (χ1v) is 5.27. The quantitative estimate of drug-likeness (QED) is 0.737. The van der Waals surface area contributed by atoms with Crippen LogP contribution in [0.1, 0.15) is 11.1 Å². The third-order valence-electron chi connectivity index (χ3n) is 2.24. The van der Waals surface area contributed by atoms with Gasteiger partial charge in [0.15, 0.2) is 0 Å². The maximum atomic E-state index is 10.8. The number of nitrogens with zero attached hydrogens (tertiary/aromatic N) is 2. The van der Waals surface area contributed by atoms with Gasteiger partial charge in [-0.3, -0.25) is 4.79 Å². The zero-order valence-electron chi connectivity index (χ0n) is 10.3. The molecule has 0 unspecified atom stereocenters. The van der Waals surface area contributed by atoms with Gasteiger partial charge in [-0.05, 0) is 30.2 Å². The number of amides is 1. The highest BCUT2D eigenvalue weighted by Gasteiger charge is 2.08. The minimum Gasteiger partial charge on any atom is -0.478 e. The first-order chi connectivity index (χ1) is 8.40. The van der Waals surface area contributed by atoms with Crippen LogP contribution in [0.2, 0.25) is 0 Å². The molecule has 6 nitrogen and oxygen atoms in total. The van der Waals surface area contributed by atoms with Crippen LogP contribution in [-0.4, -0.2) is 35.6 Å². The number of primary amides is 1. The van der Waals surface area contributed by atoms with Gasteiger partial charge in [-0.15, -0.1) is 0 Å². The molecule has 6 heteroatoms. The summed E-state index contributed by atoms with van der Waals surface area (Å²) in [5.74, 6) is -0.808. The van der Waals surface area contributed by atoms with Gasteiger partial charge in [-0.2, -0.15) is 0 Å². The highest BCUT2D eigenvalue weighted by molar-refractivity contribution is 5.85. The van der Waals surface area contributed by atoms with E-state index in [1.54, 1.807) is 24.2 Å². The lowest BCUT2D eigenvalue weighted by molar-refractivity contribution is -0.131. The van der Waals surface area contributed by atoms with E-state index in [9.17, 15) is 9.59 Å². The number of aliphatic carboxylic acids is 1. The van der Waals surface area contributed by atoms with E-state index in [4.69, 9.17) is 10.8 Å². The number of pyridine rings is 1. The Morgan fingerprint density at radius 3 is 2.72 bits per heavy atom. The summed E-state index contributed by atoms with van der Waals surface area (Å²) >= 11 is 0. The second-order valence-corrected chi connectivity index (χ2v) is 3.90. The van der Waals surface area contributed by atoms with Crippen molar-refractivity contribution in [1.29, 1.82) is 0 Å². The fourth-order valence-electron chi connectivity index (χ4n) is 1.56. The number of hydrogen-bond acceptors (Lipinski definition) is 4. The number of nitrogens with two attached hydrogens (primary N) is 1. The van der Waals surface area contributed by atoms with Gasteiger partial charge in [0.05, 0.1) is 6.54 Å². The summed E-state index contributed by atoms with van der Waals surface area (Å²) < 4.78 is 0. The van der Waals surface area contributed by atoms with Crippen molar-refractivity contribution in [3.63, 3.8) is 0 Å². The third kappa shape index (κ3) is 3.89. The normalized spacial score (nSPS) is 10.6. The Morgan fingerprint density at radius 2 is 2.22 bits per heavy atom. The van der Waals surface area contributed by atoms with E-state index in [2.05, 4.69) is 4.98 Å². The molecule has 96 valence electrons. The van der Waals surface area contributed by atoms with Crippen LogP contribution in [-0.2, 0) is 9.59 Å². The van der Waals surface area contributed by atoms with Crippen LogP contribution < -0.4 is 10.6 Å². The van der Waals surface area contributed by atoms with Crippen molar-refractivity contribution in [2.75, 3.05) is 18.5 Å². The van der Waals surface area contributed by atoms with Gasteiger partial charge < -0.3 is 15.7 Å². The Morgan fingerprint density at radius 1 is 1.56 bits per heavy atom. The smallest absolute Gasteiger partial charge is 0.328 e. The number of rotatable bonds is 5. The Bertz CT molecular complexity index is 497. The largest absolute Gasteiger partial charge is 0.478 e. The van der Waals surface area contributed by atoms with Gasteiger partial charge in [0, 0.05) is 19.3 Å². The van der Waals surface area contributed by atoms with Crippen LogP contribution in [0.15, 0.2) is 18.3 Å². The minimum atomic E-state index is -1.01. The molecule has 3 N–H and O–H groups in total. The molecule has 0 aliphatic heterocycles. The van der Waals surface area contributed by atoms with Crippen molar-refractivity contribution in [3.8, 4) is 0 Å². The van der Waals surface area contributed by atoms with Crippen LogP contribution in [0.3, 0.4) is 0 Å². The Kier molecular flexibility index (Phi) is 4.42. The van der Waals surface area contributed by atoms with Gasteiger partial charge in [-0.1, -0.05) is 0 Å². The van der Waals surface area contributed by atoms with Crippen molar-refractivity contribution in [3.05, 3.63) is 29.5 Å². The Hall–Kier alpha value is -2.37. The SMILES string of the molecule is Cc1cc(/C=C/C(=O)O)cnc1N(C)CC(N)=O. The lowest BCUT2D eigenvalue weighted by atomic mass is 10.2. The molecule has 0 saturated heterocycles. The highest BCUT2D eigenvalue weighted by atomic mass is 16.4. The summed E-state index contributed by atoms with van der Waals surface area (Å²) in [6.07, 6.45) is 4.04. The highest BCUT2D eigenvalue weighted by Crippen LogP contribution is 2.17. The van der Waals surface area contributed by atoms with Gasteiger partial charge >= 0.3 is 5.97 Å². The second-order valence-electron chi connectivity index (χ2n) is 3.90. The number of aromatic nitrogens is 1. The Balaban J connectivity index is 2.92. The van der Waals surface area contributed by atoms with E-state index in [1.165, 1.54) is 6.08 Å². The van der Waals surface area contributed by atoms with Crippen molar-refractivity contribution in [2.45, 2.75) is 6.92 Å². The number of anilines is 1. The monoisotopic (exact) mass is 249 g/mol. The van der Waals surface area contributed by atoms with Crippen LogP contribution in [0.5, 0.6) is 0 Å². The standard InChI is InChI=1S/C12H15N3O3/c1-8-5-9(3-4-11(17)18)6-14-12(8)15(2)7-10(13)16/h3-6H,7H2,1-2H3,(H2,13,16)(H,17,18)/b4-3+. The third-order valence-corrected chi connectivity index (χ3v) is 2.24. The molecule has 0 bridgehead atoms. The van der Waals surface area contributed by atoms with Crippen molar-refractivity contribution in [1.82, 2.24) is 4.98 Å². The fraction of sp³-hybridized carbons (Fsp3) is 0.250. The van der Waals surface area contributed by atoms with E-state index in [-0.39, 0.29) is 6.54 Å². The number of likely N-dealkylation sites (N-methyl/N-ethyl adjacent to an activating group) is 1. The maximum absolute atomic E-state index is 10.8. The molecule has 1 aromatic rings. The zero-order valence-corrected chi connectivity index (χ0v) is 10.3. The molecule has 1 heterocycles. The number of carbonyl (C=O) groups is 2. The lowest BCUT2D eigenvalue weighted by Crippen LogP contribution is -2.31. The summed E-state index contributed by atoms with van der Waals surface area (Å²) in [5, 5.41) is 8.52. The molecular formula is C12H15N3O3. The first kappa shape index (κ1) is 13.7. The summed E-state index contributed by atoms with van der Waals surface area (Å²) in [4.78, 5) is 27.0. The lowest BCUT2D eigenvalue weighted by Gasteiger charge is -2.18. The van der Waals surface area contributed by atoms with E-state index >= 15 is 0 Å². The summed E-state index contributed by atoms with van der Waals surface area (Å²) in [7, 11) is 1.72. The average Bonchev–Trinajstić information content (AvgIpc) is 2.25. The fourth-order valence-corrected chi connectivity index (χ4v) is 1.56. The topological polar surface area (TPSA) is 96.5 Å². The number of carbonyl (C=O) groups excluding carboxylic acids is 1. The molecule has 0 saturated carbocycles. The molecular weight excluding hydrogens is 234 g/mol. The van der Waals surface area contributed by atoms with Crippen LogP contribution in [0, 0.1) is 6.92 Å². The van der Waals surface area contributed by atoms with Crippen molar-refractivity contribution < 1.29 is 14.7 Å². The molecule has 0 atom stereocenters. The van der Waals surface area contributed by atoms with E-state index in [0.717, 1.165) is 11.6 Å². The van der Waals surface area contributed by atoms with Gasteiger partial charge in [-0.25, -0.2) is 9.78 Å². The number of carboxylic acids is 1. The molecule has 18 heavy (non-hydrogen) atoms. The first-order valence-electron chi connectivity index (χ1n) is 5.27. The zero-order chi connectivity index (χ0) is 13.7. The molecule has 0 spiro atoms. The van der Waals surface area contributed by atoms with Gasteiger partial charge in [0.1, 0.15) is 5.82 Å². The molecule has 0 radical (unpaired) electrons. The maximum Gasteiger partial charge on any atom is 0.328 e. The number of carboxylic acid groups (broad SMARTS) is 1. The van der Waals surface area contributed by atoms with E-state index < -0.39 is 11.9 Å². The van der Waals surface area contributed by atoms with E-state index in [1.807, 2.05) is 6.92 Å². The molecule has 0 aliphatic rings. The number of hydrogen-bond donors (Lipinski definition) is 2. The molecule has 0 aromatic carbocycles. The molecule has 1 aromatic heterocycles. The molecule has 1 amide bonds. The van der Waals surface area contributed by atoms with Crippen molar-refractivity contribution in [2.24, 2.45) is 5.73 Å². The minimum absolute atomic E-state index is 0.0815. The molecule has 1 rings (SSSR count). The van der Waals surface area contributed by atoms with Crippen LogP contribution >= 0.6 is 0 Å². The van der Waals surface area contributed by atoms with Crippen LogP contribution in [0.4, 0.5) is 5.82 Å². The predicted octanol–water partition coefficient (Wildman–Crippen LogP) is 0.409. The van der Waals surface area contributed by atoms with E-state index in [0.29, 0.717) is 11.4 Å². The second kappa shape index (κ2) is 5.81. The predicted molar refractivity (Wildman–Crippen MR) is 68.1 cm³/mol. The number of aryl methyl sites for hydroxylation is 1. The van der Waals surface area contributed by atoms with Gasteiger partial charge in [0.25, 0.3) is 0 Å². The summed E-state index contributed by atoms with van der Waals surface area (Å²) in [6.45, 7) is 1.91. The Labute approximate surface area is 105 Å². The summed E-state index contributed by atoms with van der Waals surface area (Å²) in [5.41, 5.74) is 6.63. The van der Waals surface area contributed by atoms with Gasteiger partial charge in [0.2, 0.25) is 5.91 Å². The van der Waals surface area contributed by atoms with Crippen molar-refractivity contribution >= 4 is 23.8 Å².